The molecule has 0 unspecified atom stereocenters. The van der Waals surface area contributed by atoms with Crippen molar-refractivity contribution in [3.05, 3.63) is 106 Å². The zero-order chi connectivity index (χ0) is 31.1. The van der Waals surface area contributed by atoms with Gasteiger partial charge in [-0.15, -0.1) is 0 Å². The maximum Gasteiger partial charge on any atom is 0.337 e. The van der Waals surface area contributed by atoms with Gasteiger partial charge in [-0.05, 0) is 42.5 Å². The molecule has 44 heavy (non-hydrogen) atoms. The van der Waals surface area contributed by atoms with Gasteiger partial charge in [-0.25, -0.2) is 29.5 Å². The molecule has 0 saturated heterocycles. The average Bonchev–Trinajstić information content (AvgIpc) is 3.05. The summed E-state index contributed by atoms with van der Waals surface area (Å²) in [6.07, 6.45) is 5.67. The number of benzene rings is 2. The van der Waals surface area contributed by atoms with Crippen molar-refractivity contribution in [1.29, 1.82) is 0 Å². The van der Waals surface area contributed by atoms with Crippen LogP contribution in [-0.2, 0) is 20.7 Å². The van der Waals surface area contributed by atoms with Crippen LogP contribution in [0, 0.1) is 0 Å². The number of rotatable bonds is 6. The Morgan fingerprint density at radius 2 is 1.39 bits per heavy atom. The van der Waals surface area contributed by atoms with Crippen molar-refractivity contribution in [2.45, 2.75) is 6.42 Å². The molecule has 5 aromatic rings. The minimum atomic E-state index is -0.451. The molecule has 0 radical (unpaired) electrons. The van der Waals surface area contributed by atoms with Crippen LogP contribution in [0.2, 0.25) is 0 Å². The molecule has 0 saturated carbocycles. The van der Waals surface area contributed by atoms with E-state index in [1.54, 1.807) is 66.9 Å². The van der Waals surface area contributed by atoms with Crippen LogP contribution >= 0.6 is 0 Å². The standard InChI is InChI=1S/C16H12N2O4.C15H11N3O4/c1-21-16(20)10-3-2-4-12(7-10)22-14-5-6-17-15-13(14)8-11(19)9-18-15;1-21-15(20)9-3-2-4-10(7-9)22-11-5-6-16-14-13(11)17-8-12(19)18-14/h2-7,9H,8H2,1H3;2-8H,1H3,(H,16,18,19). The van der Waals surface area contributed by atoms with E-state index in [0.29, 0.717) is 56.7 Å². The molecule has 0 fully saturated rings. The molecule has 3 aromatic heterocycles. The molecule has 1 aliphatic heterocycles. The number of esters is 2. The van der Waals surface area contributed by atoms with Gasteiger partial charge in [0, 0.05) is 30.4 Å². The van der Waals surface area contributed by atoms with Gasteiger partial charge in [0.15, 0.2) is 23.0 Å². The van der Waals surface area contributed by atoms with Crippen molar-refractivity contribution < 1.29 is 33.3 Å². The first-order chi connectivity index (χ1) is 21.3. The van der Waals surface area contributed by atoms with Gasteiger partial charge in [0.05, 0.1) is 37.8 Å². The number of carbonyl (C=O) groups excluding carboxylic acids is 3. The van der Waals surface area contributed by atoms with Crippen LogP contribution in [0.4, 0.5) is 5.82 Å². The first kappa shape index (κ1) is 29.3. The zero-order valence-electron chi connectivity index (χ0n) is 23.3. The number of nitrogens with zero attached hydrogens (tertiary/aromatic N) is 4. The fourth-order valence-corrected chi connectivity index (χ4v) is 4.06. The summed E-state index contributed by atoms with van der Waals surface area (Å²) in [6.45, 7) is 0. The molecule has 4 heterocycles. The highest BCUT2D eigenvalue weighted by Gasteiger charge is 2.18. The molecule has 0 atom stereocenters. The van der Waals surface area contributed by atoms with Gasteiger partial charge in [-0.2, -0.15) is 0 Å². The van der Waals surface area contributed by atoms with Gasteiger partial charge < -0.3 is 23.9 Å². The number of aromatic amines is 1. The van der Waals surface area contributed by atoms with E-state index in [0.717, 1.165) is 6.20 Å². The highest BCUT2D eigenvalue weighted by Crippen LogP contribution is 2.33. The molecule has 2 aromatic carbocycles. The monoisotopic (exact) mass is 593 g/mol. The number of ether oxygens (including phenoxy) is 4. The minimum Gasteiger partial charge on any atom is -0.465 e. The summed E-state index contributed by atoms with van der Waals surface area (Å²) in [6, 6.07) is 16.5. The van der Waals surface area contributed by atoms with Crippen LogP contribution in [-0.4, -0.2) is 58.1 Å². The third-order valence-corrected chi connectivity index (χ3v) is 6.08. The van der Waals surface area contributed by atoms with E-state index >= 15 is 0 Å². The van der Waals surface area contributed by atoms with Crippen LogP contribution in [0.1, 0.15) is 26.3 Å². The number of H-pyrrole nitrogens is 1. The number of nitrogens with one attached hydrogen (secondary N) is 1. The van der Waals surface area contributed by atoms with Crippen LogP contribution < -0.4 is 15.0 Å². The molecule has 6 rings (SSSR count). The molecule has 13 nitrogen and oxygen atoms in total. The van der Waals surface area contributed by atoms with Crippen LogP contribution in [0.25, 0.3) is 11.2 Å². The fourth-order valence-electron chi connectivity index (χ4n) is 4.06. The first-order valence-corrected chi connectivity index (χ1v) is 13.0. The predicted molar refractivity (Wildman–Crippen MR) is 157 cm³/mol. The van der Waals surface area contributed by atoms with Gasteiger partial charge in [0.1, 0.15) is 22.8 Å². The minimum absolute atomic E-state index is 0.103. The van der Waals surface area contributed by atoms with Crippen molar-refractivity contribution in [3.63, 3.8) is 0 Å². The smallest absolute Gasteiger partial charge is 0.337 e. The molecule has 0 aliphatic carbocycles. The number of aliphatic imine (C=N–C) groups is 1. The summed E-state index contributed by atoms with van der Waals surface area (Å²) < 4.78 is 20.9. The lowest BCUT2D eigenvalue weighted by Gasteiger charge is -2.14. The maximum atomic E-state index is 11.5. The maximum absolute atomic E-state index is 11.5. The summed E-state index contributed by atoms with van der Waals surface area (Å²) in [5.41, 5.74) is 1.81. The second-order valence-corrected chi connectivity index (χ2v) is 9.01. The van der Waals surface area contributed by atoms with E-state index in [9.17, 15) is 19.2 Å². The molecule has 13 heteroatoms. The van der Waals surface area contributed by atoms with E-state index in [1.165, 1.54) is 26.6 Å². The van der Waals surface area contributed by atoms with Crippen LogP contribution in [0.3, 0.4) is 0 Å². The third-order valence-electron chi connectivity index (χ3n) is 6.08. The van der Waals surface area contributed by atoms with Gasteiger partial charge >= 0.3 is 11.9 Å². The number of Topliss-reactive ketones (excluding diaryl/α,β-unsaturated/α-hetero) is 1. The van der Waals surface area contributed by atoms with E-state index < -0.39 is 11.9 Å². The number of methoxy groups -OCH3 is 2. The number of hydrogen-bond donors (Lipinski definition) is 1. The average molecular weight is 594 g/mol. The topological polar surface area (TPSA) is 172 Å². The van der Waals surface area contributed by atoms with E-state index in [4.69, 9.17) is 9.47 Å². The normalized spacial score (nSPS) is 11.5. The third kappa shape index (κ3) is 6.79. The Morgan fingerprint density at radius 1 is 0.773 bits per heavy atom. The van der Waals surface area contributed by atoms with Gasteiger partial charge in [-0.1, -0.05) is 12.1 Å². The SMILES string of the molecule is COC(=O)c1cccc(Oc2ccnc3[nH]c(=O)cnc23)c1.COC(=O)c1cccc(Oc2ccnc3c2CC(=O)C=N3)c1. The van der Waals surface area contributed by atoms with Crippen molar-refractivity contribution in [2.24, 2.45) is 4.99 Å². The number of carbonyl (C=O) groups is 3. The molecule has 0 bridgehead atoms. The van der Waals surface area contributed by atoms with E-state index in [1.807, 2.05) is 0 Å². The van der Waals surface area contributed by atoms with E-state index in [-0.39, 0.29) is 17.8 Å². The molecule has 0 spiro atoms. The van der Waals surface area contributed by atoms with Crippen molar-refractivity contribution >= 4 is 40.9 Å². The van der Waals surface area contributed by atoms with Crippen LogP contribution in [0.15, 0.2) is 89.0 Å². The van der Waals surface area contributed by atoms with Crippen LogP contribution in [0.5, 0.6) is 23.0 Å². The molecular formula is C31H23N5O8. The second kappa shape index (κ2) is 13.2. The molecule has 0 amide bonds. The number of hydrogen-bond acceptors (Lipinski definition) is 12. The Hall–Kier alpha value is -6.24. The summed E-state index contributed by atoms with van der Waals surface area (Å²) in [7, 11) is 2.63. The molecule has 1 N–H and O–H groups in total. The highest BCUT2D eigenvalue weighted by atomic mass is 16.5. The molecule has 220 valence electrons. The quantitative estimate of drug-likeness (QED) is 0.277. The number of fused-ring (bicyclic) bond motifs is 2. The van der Waals surface area contributed by atoms with Crippen molar-refractivity contribution in [3.8, 4) is 23.0 Å². The number of aromatic nitrogens is 4. The van der Waals surface area contributed by atoms with Gasteiger partial charge in [0.25, 0.3) is 5.56 Å². The lowest BCUT2D eigenvalue weighted by Crippen LogP contribution is -2.10. The lowest BCUT2D eigenvalue weighted by molar-refractivity contribution is -0.112. The summed E-state index contributed by atoms with van der Waals surface area (Å²) in [4.78, 5) is 64.6. The second-order valence-electron chi connectivity index (χ2n) is 9.01. The first-order valence-electron chi connectivity index (χ1n) is 13.0. The van der Waals surface area contributed by atoms with Crippen molar-refractivity contribution in [2.75, 3.05) is 14.2 Å². The van der Waals surface area contributed by atoms with Gasteiger partial charge in [0.2, 0.25) is 0 Å². The zero-order valence-corrected chi connectivity index (χ0v) is 23.3. The molecular weight excluding hydrogens is 570 g/mol. The summed E-state index contributed by atoms with van der Waals surface area (Å²) >= 11 is 0. The summed E-state index contributed by atoms with van der Waals surface area (Å²) in [5.74, 6) is 1.31. The Labute approximate surface area is 249 Å². The number of pyridine rings is 2. The number of ketones is 1. The van der Waals surface area contributed by atoms with Gasteiger partial charge in [-0.3, -0.25) is 9.59 Å². The lowest BCUT2D eigenvalue weighted by atomic mass is 10.1. The summed E-state index contributed by atoms with van der Waals surface area (Å²) in [5, 5.41) is 0. The highest BCUT2D eigenvalue weighted by molar-refractivity contribution is 6.29. The Balaban J connectivity index is 0.000000175. The molecule has 1 aliphatic rings. The Kier molecular flexibility index (Phi) is 8.75. The van der Waals surface area contributed by atoms with E-state index in [2.05, 4.69) is 34.4 Å². The predicted octanol–water partition coefficient (Wildman–Crippen LogP) is 4.39. The fraction of sp³-hybridized carbons (Fsp3) is 0.0968. The largest absolute Gasteiger partial charge is 0.465 e. The van der Waals surface area contributed by atoms with Crippen molar-refractivity contribution in [1.82, 2.24) is 19.9 Å². The Morgan fingerprint density at radius 3 is 2.05 bits per heavy atom. The Bertz CT molecular complexity index is 1970.